The van der Waals surface area contributed by atoms with Gasteiger partial charge in [-0.3, -0.25) is 14.6 Å². The van der Waals surface area contributed by atoms with Gasteiger partial charge in [-0.15, -0.1) is 0 Å². The first-order valence-electron chi connectivity index (χ1n) is 8.33. The van der Waals surface area contributed by atoms with Gasteiger partial charge in [0.2, 0.25) is 0 Å². The molecule has 29 heavy (non-hydrogen) atoms. The molecule has 2 N–H and O–H groups in total. The zero-order valence-corrected chi connectivity index (χ0v) is 16.3. The van der Waals surface area contributed by atoms with E-state index in [0.29, 0.717) is 27.9 Å². The van der Waals surface area contributed by atoms with Crippen LogP contribution in [0.2, 0.25) is 10.0 Å². The van der Waals surface area contributed by atoms with E-state index in [1.165, 1.54) is 48.7 Å². The zero-order valence-electron chi connectivity index (χ0n) is 14.8. The van der Waals surface area contributed by atoms with Crippen molar-refractivity contribution in [1.82, 2.24) is 5.32 Å². The van der Waals surface area contributed by atoms with Gasteiger partial charge in [0.25, 0.3) is 0 Å². The average Bonchev–Trinajstić information content (AvgIpc) is 3.16. The van der Waals surface area contributed by atoms with E-state index in [9.17, 15) is 14.0 Å². The number of hydrogen-bond acceptors (Lipinski definition) is 4. The summed E-state index contributed by atoms with van der Waals surface area (Å²) in [5.41, 5.74) is 0.911. The van der Waals surface area contributed by atoms with Crippen molar-refractivity contribution in [2.75, 3.05) is 5.32 Å². The summed E-state index contributed by atoms with van der Waals surface area (Å²) in [5, 5.41) is 5.47. The number of carbonyl (C=O) groups is 2. The van der Waals surface area contributed by atoms with Gasteiger partial charge in [-0.05, 0) is 54.6 Å². The lowest BCUT2D eigenvalue weighted by Crippen LogP contribution is -2.34. The van der Waals surface area contributed by atoms with Crippen molar-refractivity contribution in [2.24, 2.45) is 4.99 Å². The molecule has 148 valence electrons. The largest absolute Gasteiger partial charge is 0.458 e. The van der Waals surface area contributed by atoms with E-state index in [1.54, 1.807) is 12.1 Å². The number of nitrogens with one attached hydrogen (secondary N) is 2. The van der Waals surface area contributed by atoms with E-state index >= 15 is 0 Å². The number of halogens is 3. The number of aliphatic imine (C=N–C) groups is 1. The van der Waals surface area contributed by atoms with Crippen LogP contribution in [-0.4, -0.2) is 18.0 Å². The molecule has 0 atom stereocenters. The fraction of sp³-hybridized carbons (Fsp3) is 0.0500. The number of carbonyl (C=O) groups excluding carboxylic acids is 2. The molecule has 0 aliphatic carbocycles. The molecule has 0 bridgehead atoms. The van der Waals surface area contributed by atoms with Crippen LogP contribution in [0.4, 0.5) is 15.8 Å². The van der Waals surface area contributed by atoms with Gasteiger partial charge in [-0.1, -0.05) is 23.2 Å². The summed E-state index contributed by atoms with van der Waals surface area (Å²) < 4.78 is 18.4. The van der Waals surface area contributed by atoms with Crippen LogP contribution in [0.5, 0.6) is 0 Å². The molecule has 0 saturated carbocycles. The summed E-state index contributed by atoms with van der Waals surface area (Å²) in [6.07, 6.45) is 1.47. The standard InChI is InChI=1S/C20H14Cl2FN3O3/c21-17-8-5-14(9-18(17)22)26-20(28)19(27)25-11-16-7-6-15(29-16)10-24-13-3-1-12(23)2-4-13/h1-10H,11H2,(H,25,27)(H,26,28). The van der Waals surface area contributed by atoms with Gasteiger partial charge in [-0.2, -0.15) is 0 Å². The Hall–Kier alpha value is -3.16. The molecule has 0 spiro atoms. The third kappa shape index (κ3) is 5.91. The van der Waals surface area contributed by atoms with Crippen LogP contribution < -0.4 is 10.6 Å². The Labute approximate surface area is 175 Å². The maximum absolute atomic E-state index is 12.9. The highest BCUT2D eigenvalue weighted by atomic mass is 35.5. The van der Waals surface area contributed by atoms with Crippen LogP contribution in [0.15, 0.2) is 64.0 Å². The molecule has 0 aliphatic rings. The number of rotatable bonds is 5. The summed E-state index contributed by atoms with van der Waals surface area (Å²) in [6, 6.07) is 13.4. The second-order valence-electron chi connectivity index (χ2n) is 5.80. The molecular formula is C20H14Cl2FN3O3. The molecule has 9 heteroatoms. The highest BCUT2D eigenvalue weighted by Gasteiger charge is 2.14. The van der Waals surface area contributed by atoms with Crippen LogP contribution in [0.3, 0.4) is 0 Å². The molecular weight excluding hydrogens is 420 g/mol. The SMILES string of the molecule is O=C(NCc1ccc(C=Nc2ccc(F)cc2)o1)C(=O)Nc1ccc(Cl)c(Cl)c1. The smallest absolute Gasteiger partial charge is 0.313 e. The van der Waals surface area contributed by atoms with E-state index < -0.39 is 11.8 Å². The average molecular weight is 434 g/mol. The fourth-order valence-corrected chi connectivity index (χ4v) is 2.53. The molecule has 6 nitrogen and oxygen atoms in total. The topological polar surface area (TPSA) is 83.7 Å². The quantitative estimate of drug-likeness (QED) is 0.450. The summed E-state index contributed by atoms with van der Waals surface area (Å²) in [7, 11) is 0. The predicted octanol–water partition coefficient (Wildman–Crippen LogP) is 4.73. The first-order valence-corrected chi connectivity index (χ1v) is 9.09. The van der Waals surface area contributed by atoms with Gasteiger partial charge >= 0.3 is 11.8 Å². The van der Waals surface area contributed by atoms with Gasteiger partial charge < -0.3 is 15.1 Å². The molecule has 3 aromatic rings. The molecule has 0 saturated heterocycles. The van der Waals surface area contributed by atoms with Gasteiger partial charge in [0, 0.05) is 5.69 Å². The zero-order chi connectivity index (χ0) is 20.8. The number of furan rings is 1. The molecule has 0 radical (unpaired) electrons. The molecule has 0 unspecified atom stereocenters. The minimum atomic E-state index is -0.854. The number of nitrogens with zero attached hydrogens (tertiary/aromatic N) is 1. The van der Waals surface area contributed by atoms with Gasteiger partial charge in [0.1, 0.15) is 17.3 Å². The first kappa shape index (κ1) is 20.6. The lowest BCUT2D eigenvalue weighted by molar-refractivity contribution is -0.136. The number of amides is 2. The Morgan fingerprint density at radius 1 is 1.00 bits per heavy atom. The van der Waals surface area contributed by atoms with E-state index in [-0.39, 0.29) is 17.4 Å². The maximum Gasteiger partial charge on any atom is 0.313 e. The molecule has 1 heterocycles. The van der Waals surface area contributed by atoms with Crippen molar-refractivity contribution in [1.29, 1.82) is 0 Å². The van der Waals surface area contributed by atoms with Gasteiger partial charge in [-0.25, -0.2) is 4.39 Å². The summed E-state index contributed by atoms with van der Waals surface area (Å²) in [4.78, 5) is 28.0. The normalized spacial score (nSPS) is 10.9. The van der Waals surface area contributed by atoms with Gasteiger partial charge in [0.05, 0.1) is 28.5 Å². The summed E-state index contributed by atoms with van der Waals surface area (Å²) >= 11 is 11.7. The van der Waals surface area contributed by atoms with E-state index in [2.05, 4.69) is 15.6 Å². The van der Waals surface area contributed by atoms with Crippen LogP contribution in [0.25, 0.3) is 0 Å². The van der Waals surface area contributed by atoms with Crippen LogP contribution in [0.1, 0.15) is 11.5 Å². The van der Waals surface area contributed by atoms with E-state index in [4.69, 9.17) is 27.6 Å². The highest BCUT2D eigenvalue weighted by Crippen LogP contribution is 2.24. The van der Waals surface area contributed by atoms with Gasteiger partial charge in [0.15, 0.2) is 0 Å². The van der Waals surface area contributed by atoms with Crippen LogP contribution in [0, 0.1) is 5.82 Å². The second-order valence-corrected chi connectivity index (χ2v) is 6.62. The minimum absolute atomic E-state index is 0.0119. The Kier molecular flexibility index (Phi) is 6.64. The third-order valence-electron chi connectivity index (χ3n) is 3.66. The van der Waals surface area contributed by atoms with Crippen molar-refractivity contribution < 1.29 is 18.4 Å². The third-order valence-corrected chi connectivity index (χ3v) is 4.40. The van der Waals surface area contributed by atoms with Crippen molar-refractivity contribution in [3.05, 3.63) is 82.0 Å². The molecule has 2 amide bonds. The minimum Gasteiger partial charge on any atom is -0.458 e. The van der Waals surface area contributed by atoms with E-state index in [0.717, 1.165) is 0 Å². The lowest BCUT2D eigenvalue weighted by atomic mass is 10.3. The number of hydrogen-bond donors (Lipinski definition) is 2. The van der Waals surface area contributed by atoms with E-state index in [1.807, 2.05) is 0 Å². The summed E-state index contributed by atoms with van der Waals surface area (Å²) in [5.74, 6) is -1.16. The second kappa shape index (κ2) is 9.36. The Bertz CT molecular complexity index is 1070. The monoisotopic (exact) mass is 433 g/mol. The molecule has 3 rings (SSSR count). The Balaban J connectivity index is 1.51. The Morgan fingerprint density at radius 3 is 2.48 bits per heavy atom. The molecule has 0 aliphatic heterocycles. The highest BCUT2D eigenvalue weighted by molar-refractivity contribution is 6.42. The fourth-order valence-electron chi connectivity index (χ4n) is 2.23. The molecule has 0 fully saturated rings. The van der Waals surface area contributed by atoms with Crippen molar-refractivity contribution in [3.63, 3.8) is 0 Å². The van der Waals surface area contributed by atoms with Crippen molar-refractivity contribution in [2.45, 2.75) is 6.54 Å². The predicted molar refractivity (Wildman–Crippen MR) is 109 cm³/mol. The maximum atomic E-state index is 12.9. The Morgan fingerprint density at radius 2 is 1.76 bits per heavy atom. The van der Waals surface area contributed by atoms with Crippen LogP contribution >= 0.6 is 23.2 Å². The van der Waals surface area contributed by atoms with Crippen molar-refractivity contribution in [3.8, 4) is 0 Å². The first-order chi connectivity index (χ1) is 13.9. The van der Waals surface area contributed by atoms with Crippen LogP contribution in [-0.2, 0) is 16.1 Å². The number of anilines is 1. The van der Waals surface area contributed by atoms with Crippen molar-refractivity contribution >= 4 is 52.6 Å². The number of benzene rings is 2. The molecule has 2 aromatic carbocycles. The lowest BCUT2D eigenvalue weighted by Gasteiger charge is -2.06. The molecule has 1 aromatic heterocycles. The summed E-state index contributed by atoms with van der Waals surface area (Å²) in [6.45, 7) is 0.0119.